The molecule has 0 aliphatic heterocycles. The first-order chi connectivity index (χ1) is 13.4. The maximum atomic E-state index is 12.7. The summed E-state index contributed by atoms with van der Waals surface area (Å²) in [4.78, 5) is 36.6. The van der Waals surface area contributed by atoms with Crippen molar-refractivity contribution < 1.29 is 24.2 Å². The number of rotatable bonds is 9. The third-order valence-electron chi connectivity index (χ3n) is 6.58. The second-order valence-electron chi connectivity index (χ2n) is 8.40. The lowest BCUT2D eigenvalue weighted by Gasteiger charge is -2.37. The number of amides is 1. The van der Waals surface area contributed by atoms with Gasteiger partial charge in [-0.05, 0) is 76.0 Å². The number of carboxylic acids is 1. The molecule has 0 aromatic heterocycles. The van der Waals surface area contributed by atoms with Crippen LogP contribution in [-0.2, 0) is 19.1 Å². The van der Waals surface area contributed by atoms with Crippen molar-refractivity contribution in [3.8, 4) is 0 Å². The number of hydrogen-bond acceptors (Lipinski definition) is 4. The van der Waals surface area contributed by atoms with Crippen molar-refractivity contribution >= 4 is 17.8 Å². The van der Waals surface area contributed by atoms with Crippen molar-refractivity contribution in [2.24, 2.45) is 23.7 Å². The molecular weight excluding hydrogens is 358 g/mol. The van der Waals surface area contributed by atoms with Gasteiger partial charge in [0, 0.05) is 25.6 Å². The number of carboxylic acid groups (broad SMARTS) is 1. The molecule has 0 atom stereocenters. The van der Waals surface area contributed by atoms with Crippen LogP contribution in [0.2, 0.25) is 0 Å². The van der Waals surface area contributed by atoms with Crippen LogP contribution in [0.5, 0.6) is 0 Å². The van der Waals surface area contributed by atoms with Crippen LogP contribution in [0, 0.1) is 23.7 Å². The average Bonchev–Trinajstić information content (AvgIpc) is 2.72. The van der Waals surface area contributed by atoms with Gasteiger partial charge in [-0.15, -0.1) is 0 Å². The van der Waals surface area contributed by atoms with E-state index >= 15 is 0 Å². The van der Waals surface area contributed by atoms with Crippen LogP contribution in [0.15, 0.2) is 12.7 Å². The Balaban J connectivity index is 1.64. The summed E-state index contributed by atoms with van der Waals surface area (Å²) in [6, 6.07) is 0. The lowest BCUT2D eigenvalue weighted by atomic mass is 9.69. The largest absolute Gasteiger partial charge is 0.481 e. The van der Waals surface area contributed by atoms with Crippen molar-refractivity contribution in [1.82, 2.24) is 4.90 Å². The average molecular weight is 394 g/mol. The van der Waals surface area contributed by atoms with Gasteiger partial charge in [-0.3, -0.25) is 9.59 Å². The number of unbranched alkanes of at least 4 members (excludes halogenated alkanes) is 1. The lowest BCUT2D eigenvalue weighted by Crippen LogP contribution is -2.37. The van der Waals surface area contributed by atoms with Gasteiger partial charge in [-0.2, -0.15) is 0 Å². The van der Waals surface area contributed by atoms with E-state index in [1.807, 2.05) is 11.9 Å². The molecule has 0 radical (unpaired) electrons. The van der Waals surface area contributed by atoms with Crippen LogP contribution in [0.25, 0.3) is 0 Å². The number of aliphatic carboxylic acids is 1. The second kappa shape index (κ2) is 11.2. The zero-order chi connectivity index (χ0) is 20.5. The Morgan fingerprint density at radius 1 is 0.964 bits per heavy atom. The van der Waals surface area contributed by atoms with Crippen LogP contribution in [0.3, 0.4) is 0 Å². The number of ether oxygens (including phenoxy) is 1. The molecule has 0 unspecified atom stereocenters. The minimum Gasteiger partial charge on any atom is -0.481 e. The third kappa shape index (κ3) is 6.64. The zero-order valence-electron chi connectivity index (χ0n) is 17.1. The Hall–Kier alpha value is -1.85. The topological polar surface area (TPSA) is 83.9 Å². The van der Waals surface area contributed by atoms with Crippen molar-refractivity contribution in [1.29, 1.82) is 0 Å². The summed E-state index contributed by atoms with van der Waals surface area (Å²) in [5, 5.41) is 9.14. The van der Waals surface area contributed by atoms with Gasteiger partial charge in [-0.1, -0.05) is 6.58 Å². The molecule has 2 rings (SSSR count). The van der Waals surface area contributed by atoms with Crippen LogP contribution in [0.1, 0.15) is 64.2 Å². The van der Waals surface area contributed by atoms with E-state index in [2.05, 4.69) is 6.58 Å². The third-order valence-corrected chi connectivity index (χ3v) is 6.58. The highest BCUT2D eigenvalue weighted by molar-refractivity contribution is 5.81. The molecule has 2 aliphatic rings. The molecule has 158 valence electrons. The fourth-order valence-corrected chi connectivity index (χ4v) is 4.78. The predicted octanol–water partition coefficient (Wildman–Crippen LogP) is 3.65. The first-order valence-corrected chi connectivity index (χ1v) is 10.7. The molecule has 0 bridgehead atoms. The lowest BCUT2D eigenvalue weighted by molar-refractivity contribution is -0.143. The molecule has 6 heteroatoms. The van der Waals surface area contributed by atoms with Crippen molar-refractivity contribution in [2.75, 3.05) is 20.2 Å². The SMILES string of the molecule is C=CC(=O)OCCCCN(C)C(=O)C1CCC(C2CCC(C(=O)O)CC2)CC1. The van der Waals surface area contributed by atoms with Crippen molar-refractivity contribution in [3.63, 3.8) is 0 Å². The maximum absolute atomic E-state index is 12.7. The number of esters is 1. The van der Waals surface area contributed by atoms with Crippen molar-refractivity contribution in [2.45, 2.75) is 64.2 Å². The highest BCUT2D eigenvalue weighted by atomic mass is 16.5. The summed E-state index contributed by atoms with van der Waals surface area (Å²) in [6.45, 7) is 4.40. The first kappa shape index (κ1) is 22.4. The maximum Gasteiger partial charge on any atom is 0.330 e. The van der Waals surface area contributed by atoms with Crippen LogP contribution in [-0.4, -0.2) is 48.1 Å². The summed E-state index contributed by atoms with van der Waals surface area (Å²) >= 11 is 0. The van der Waals surface area contributed by atoms with Crippen LogP contribution >= 0.6 is 0 Å². The molecule has 0 spiro atoms. The normalized spacial score (nSPS) is 27.6. The second-order valence-corrected chi connectivity index (χ2v) is 8.40. The van der Waals surface area contributed by atoms with Gasteiger partial charge in [0.15, 0.2) is 0 Å². The molecule has 2 saturated carbocycles. The minimum atomic E-state index is -0.644. The summed E-state index contributed by atoms with van der Waals surface area (Å²) < 4.78 is 4.95. The predicted molar refractivity (Wildman–Crippen MR) is 107 cm³/mol. The van der Waals surface area contributed by atoms with E-state index in [0.29, 0.717) is 25.0 Å². The molecule has 0 aromatic carbocycles. The van der Waals surface area contributed by atoms with Gasteiger partial charge in [0.2, 0.25) is 5.91 Å². The molecule has 28 heavy (non-hydrogen) atoms. The summed E-state index contributed by atoms with van der Waals surface area (Å²) in [5.74, 6) is 0.452. The van der Waals surface area contributed by atoms with E-state index in [9.17, 15) is 14.4 Å². The Labute approximate surface area is 168 Å². The number of carbonyl (C=O) groups excluding carboxylic acids is 2. The van der Waals surface area contributed by atoms with Gasteiger partial charge in [0.25, 0.3) is 0 Å². The van der Waals surface area contributed by atoms with Gasteiger partial charge >= 0.3 is 11.9 Å². The molecule has 1 N–H and O–H groups in total. The Kier molecular flexibility index (Phi) is 9.00. The zero-order valence-corrected chi connectivity index (χ0v) is 17.1. The number of carbonyl (C=O) groups is 3. The summed E-state index contributed by atoms with van der Waals surface area (Å²) in [7, 11) is 1.86. The van der Waals surface area contributed by atoms with E-state index in [1.165, 1.54) is 0 Å². The fourth-order valence-electron chi connectivity index (χ4n) is 4.78. The Morgan fingerprint density at radius 3 is 2.00 bits per heavy atom. The molecule has 0 heterocycles. The quantitative estimate of drug-likeness (QED) is 0.367. The Bertz CT molecular complexity index is 545. The molecule has 2 aliphatic carbocycles. The minimum absolute atomic E-state index is 0.121. The first-order valence-electron chi connectivity index (χ1n) is 10.7. The van der Waals surface area contributed by atoms with E-state index in [1.54, 1.807) is 0 Å². The molecule has 0 saturated heterocycles. The van der Waals surface area contributed by atoms with Gasteiger partial charge in [0.1, 0.15) is 0 Å². The molecular formula is C22H35NO5. The van der Waals surface area contributed by atoms with Crippen LogP contribution in [0.4, 0.5) is 0 Å². The van der Waals surface area contributed by atoms with Gasteiger partial charge < -0.3 is 14.7 Å². The van der Waals surface area contributed by atoms with Gasteiger partial charge in [0.05, 0.1) is 12.5 Å². The number of hydrogen-bond donors (Lipinski definition) is 1. The number of nitrogens with zero attached hydrogens (tertiary/aromatic N) is 1. The van der Waals surface area contributed by atoms with E-state index < -0.39 is 11.9 Å². The smallest absolute Gasteiger partial charge is 0.330 e. The van der Waals surface area contributed by atoms with E-state index in [-0.39, 0.29) is 17.7 Å². The summed E-state index contributed by atoms with van der Waals surface area (Å²) in [5.41, 5.74) is 0. The standard InChI is InChI=1S/C22H35NO5/c1-3-20(24)28-15-5-4-14-23(2)21(25)18-10-6-16(7-11-18)17-8-12-19(13-9-17)22(26)27/h3,16-19H,1,4-15H2,2H3,(H,26,27). The highest BCUT2D eigenvalue weighted by Crippen LogP contribution is 2.41. The van der Waals surface area contributed by atoms with Crippen molar-refractivity contribution in [3.05, 3.63) is 12.7 Å². The highest BCUT2D eigenvalue weighted by Gasteiger charge is 2.34. The molecule has 0 aromatic rings. The van der Waals surface area contributed by atoms with E-state index in [0.717, 1.165) is 70.3 Å². The monoisotopic (exact) mass is 393 g/mol. The molecule has 6 nitrogen and oxygen atoms in total. The van der Waals surface area contributed by atoms with Crippen LogP contribution < -0.4 is 0 Å². The molecule has 2 fully saturated rings. The Morgan fingerprint density at radius 2 is 1.50 bits per heavy atom. The van der Waals surface area contributed by atoms with Gasteiger partial charge in [-0.25, -0.2) is 4.79 Å². The fraction of sp³-hybridized carbons (Fsp3) is 0.773. The van der Waals surface area contributed by atoms with E-state index in [4.69, 9.17) is 9.84 Å². The summed E-state index contributed by atoms with van der Waals surface area (Å²) in [6.07, 6.45) is 10.4. The molecule has 1 amide bonds.